The van der Waals surface area contributed by atoms with Crippen LogP contribution < -0.4 is 0 Å². The van der Waals surface area contributed by atoms with E-state index in [1.807, 2.05) is 30.3 Å². The molecule has 0 heterocycles. The summed E-state index contributed by atoms with van der Waals surface area (Å²) in [4.78, 5) is 10.3. The van der Waals surface area contributed by atoms with E-state index in [4.69, 9.17) is 0 Å². The van der Waals surface area contributed by atoms with Crippen molar-refractivity contribution < 1.29 is 9.90 Å². The monoisotopic (exact) mass is 176 g/mol. The number of aldehydes is 1. The Morgan fingerprint density at radius 3 is 2.69 bits per heavy atom. The fourth-order valence-electron chi connectivity index (χ4n) is 1.78. The van der Waals surface area contributed by atoms with E-state index < -0.39 is 6.10 Å². The lowest BCUT2D eigenvalue weighted by molar-refractivity contribution is -0.115. The van der Waals surface area contributed by atoms with Crippen LogP contribution in [0.25, 0.3) is 0 Å². The van der Waals surface area contributed by atoms with Gasteiger partial charge in [0.05, 0.1) is 0 Å². The van der Waals surface area contributed by atoms with Crippen LogP contribution >= 0.6 is 0 Å². The number of aliphatic hydroxyl groups is 1. The quantitative estimate of drug-likeness (QED) is 0.706. The Morgan fingerprint density at radius 2 is 2.08 bits per heavy atom. The van der Waals surface area contributed by atoms with Gasteiger partial charge in [-0.15, -0.1) is 0 Å². The number of carbonyl (C=O) groups excluding carboxylic acids is 1. The van der Waals surface area contributed by atoms with Crippen molar-refractivity contribution in [3.8, 4) is 0 Å². The first-order valence-corrected chi connectivity index (χ1v) is 4.51. The molecule has 0 saturated heterocycles. The van der Waals surface area contributed by atoms with E-state index in [2.05, 4.69) is 0 Å². The molecule has 1 fully saturated rings. The molecule has 3 atom stereocenters. The molecule has 0 bridgehead atoms. The second-order valence-electron chi connectivity index (χ2n) is 3.54. The maximum atomic E-state index is 10.3. The van der Waals surface area contributed by atoms with E-state index in [-0.39, 0.29) is 5.92 Å². The second-order valence-corrected chi connectivity index (χ2v) is 3.54. The van der Waals surface area contributed by atoms with Gasteiger partial charge in [-0.05, 0) is 23.8 Å². The molecule has 68 valence electrons. The minimum Gasteiger partial charge on any atom is -0.385 e. The lowest BCUT2D eigenvalue weighted by atomic mass is 10.1. The number of carbonyl (C=O) groups is 1. The molecule has 2 heteroatoms. The third kappa shape index (κ3) is 1.63. The lowest BCUT2D eigenvalue weighted by Crippen LogP contribution is -2.11. The molecular weight excluding hydrogens is 164 g/mol. The summed E-state index contributed by atoms with van der Waals surface area (Å²) in [6.45, 7) is 0. The Kier molecular flexibility index (Phi) is 2.15. The molecule has 0 aliphatic heterocycles. The van der Waals surface area contributed by atoms with Gasteiger partial charge in [-0.25, -0.2) is 0 Å². The second kappa shape index (κ2) is 3.30. The molecule has 0 spiro atoms. The van der Waals surface area contributed by atoms with E-state index in [0.717, 1.165) is 6.42 Å². The maximum Gasteiger partial charge on any atom is 0.148 e. The van der Waals surface area contributed by atoms with Crippen molar-refractivity contribution in [1.82, 2.24) is 0 Å². The number of hydrogen-bond acceptors (Lipinski definition) is 2. The van der Waals surface area contributed by atoms with Gasteiger partial charge in [0.15, 0.2) is 0 Å². The third-order valence-electron chi connectivity index (χ3n) is 2.65. The molecule has 1 N–H and O–H groups in total. The highest BCUT2D eigenvalue weighted by Crippen LogP contribution is 2.48. The average Bonchev–Trinajstić information content (AvgIpc) is 2.98. The van der Waals surface area contributed by atoms with E-state index >= 15 is 0 Å². The first-order valence-electron chi connectivity index (χ1n) is 4.51. The highest BCUT2D eigenvalue weighted by Gasteiger charge is 2.42. The summed E-state index contributed by atoms with van der Waals surface area (Å²) in [6.07, 6.45) is 0.794. The van der Waals surface area contributed by atoms with Crippen molar-refractivity contribution in [3.05, 3.63) is 35.9 Å². The van der Waals surface area contributed by atoms with Crippen LogP contribution in [-0.4, -0.2) is 17.5 Å². The predicted octanol–water partition coefficient (Wildman–Crippen LogP) is 1.35. The number of hydrogen-bond donors (Lipinski definition) is 1. The van der Waals surface area contributed by atoms with Gasteiger partial charge >= 0.3 is 0 Å². The summed E-state index contributed by atoms with van der Waals surface area (Å²) in [6, 6.07) is 10.0. The van der Waals surface area contributed by atoms with Gasteiger partial charge in [0, 0.05) is 0 Å². The molecule has 0 radical (unpaired) electrons. The SMILES string of the molecule is O=CC(O)C1CC1c1ccccc1. The van der Waals surface area contributed by atoms with Gasteiger partial charge in [-0.3, -0.25) is 0 Å². The zero-order valence-corrected chi connectivity index (χ0v) is 7.26. The van der Waals surface area contributed by atoms with Crippen molar-refractivity contribution in [3.63, 3.8) is 0 Å². The van der Waals surface area contributed by atoms with E-state index in [0.29, 0.717) is 12.2 Å². The minimum absolute atomic E-state index is 0.153. The third-order valence-corrected chi connectivity index (χ3v) is 2.65. The van der Waals surface area contributed by atoms with Crippen LogP contribution in [0.1, 0.15) is 17.9 Å². The van der Waals surface area contributed by atoms with Crippen molar-refractivity contribution in [2.75, 3.05) is 0 Å². The van der Waals surface area contributed by atoms with E-state index in [9.17, 15) is 9.90 Å². The molecule has 3 unspecified atom stereocenters. The van der Waals surface area contributed by atoms with Gasteiger partial charge < -0.3 is 9.90 Å². The average molecular weight is 176 g/mol. The fraction of sp³-hybridized carbons (Fsp3) is 0.364. The van der Waals surface area contributed by atoms with Gasteiger partial charge in [0.2, 0.25) is 0 Å². The number of rotatable bonds is 3. The zero-order valence-electron chi connectivity index (χ0n) is 7.26. The molecular formula is C11H12O2. The standard InChI is InChI=1S/C11H12O2/c12-7-11(13)10-6-9(10)8-4-2-1-3-5-8/h1-5,7,9-11,13H,6H2. The zero-order chi connectivity index (χ0) is 9.26. The molecule has 0 amide bonds. The highest BCUT2D eigenvalue weighted by molar-refractivity contribution is 5.57. The van der Waals surface area contributed by atoms with Crippen molar-refractivity contribution in [1.29, 1.82) is 0 Å². The maximum absolute atomic E-state index is 10.3. The van der Waals surface area contributed by atoms with Crippen LogP contribution in [0, 0.1) is 5.92 Å². The fourth-order valence-corrected chi connectivity index (χ4v) is 1.78. The van der Waals surface area contributed by atoms with Gasteiger partial charge in [0.1, 0.15) is 12.4 Å². The molecule has 13 heavy (non-hydrogen) atoms. The molecule has 1 aliphatic rings. The number of benzene rings is 1. The summed E-state index contributed by atoms with van der Waals surface area (Å²) in [5.41, 5.74) is 1.23. The van der Waals surface area contributed by atoms with E-state index in [1.165, 1.54) is 5.56 Å². The van der Waals surface area contributed by atoms with Gasteiger partial charge in [0.25, 0.3) is 0 Å². The van der Waals surface area contributed by atoms with Crippen molar-refractivity contribution in [2.45, 2.75) is 18.4 Å². The lowest BCUT2D eigenvalue weighted by Gasteiger charge is -2.01. The molecule has 2 rings (SSSR count). The molecule has 1 saturated carbocycles. The first kappa shape index (κ1) is 8.45. The Balaban J connectivity index is 2.04. The Bertz CT molecular complexity index is 294. The largest absolute Gasteiger partial charge is 0.385 e. The molecule has 1 aromatic carbocycles. The topological polar surface area (TPSA) is 37.3 Å². The van der Waals surface area contributed by atoms with Crippen LogP contribution in [0.2, 0.25) is 0 Å². The normalized spacial score (nSPS) is 28.1. The highest BCUT2D eigenvalue weighted by atomic mass is 16.3. The van der Waals surface area contributed by atoms with Gasteiger partial charge in [-0.1, -0.05) is 30.3 Å². The van der Waals surface area contributed by atoms with Crippen LogP contribution in [0.3, 0.4) is 0 Å². The van der Waals surface area contributed by atoms with Crippen molar-refractivity contribution >= 4 is 6.29 Å². The molecule has 1 aromatic rings. The van der Waals surface area contributed by atoms with Gasteiger partial charge in [-0.2, -0.15) is 0 Å². The summed E-state index contributed by atoms with van der Waals surface area (Å²) >= 11 is 0. The summed E-state index contributed by atoms with van der Waals surface area (Å²) in [5, 5.41) is 9.26. The van der Waals surface area contributed by atoms with Crippen LogP contribution in [0.15, 0.2) is 30.3 Å². The first-order chi connectivity index (χ1) is 6.33. The van der Waals surface area contributed by atoms with Crippen LogP contribution in [-0.2, 0) is 4.79 Å². The Hall–Kier alpha value is -1.15. The minimum atomic E-state index is -0.773. The molecule has 1 aliphatic carbocycles. The Morgan fingerprint density at radius 1 is 1.38 bits per heavy atom. The number of aliphatic hydroxyl groups excluding tert-OH is 1. The Labute approximate surface area is 77.2 Å². The van der Waals surface area contributed by atoms with Crippen molar-refractivity contribution in [2.24, 2.45) is 5.92 Å². The van der Waals surface area contributed by atoms with Crippen LogP contribution in [0.4, 0.5) is 0 Å². The summed E-state index contributed by atoms with van der Waals surface area (Å²) < 4.78 is 0. The smallest absolute Gasteiger partial charge is 0.148 e. The predicted molar refractivity (Wildman–Crippen MR) is 49.4 cm³/mol. The molecule has 0 aromatic heterocycles. The van der Waals surface area contributed by atoms with E-state index in [1.54, 1.807) is 0 Å². The summed E-state index contributed by atoms with van der Waals surface area (Å²) in [5.74, 6) is 0.543. The summed E-state index contributed by atoms with van der Waals surface area (Å²) in [7, 11) is 0. The molecule has 2 nitrogen and oxygen atoms in total. The van der Waals surface area contributed by atoms with Crippen LogP contribution in [0.5, 0.6) is 0 Å².